The lowest BCUT2D eigenvalue weighted by molar-refractivity contribution is 0.0692. The van der Waals surface area contributed by atoms with Crippen LogP contribution >= 0.6 is 11.8 Å². The van der Waals surface area contributed by atoms with E-state index in [0.717, 1.165) is 24.6 Å². The molecule has 4 N–H and O–H groups in total. The number of carbonyl (C=O) groups is 1. The summed E-state index contributed by atoms with van der Waals surface area (Å²) in [5, 5.41) is 16.1. The van der Waals surface area contributed by atoms with Gasteiger partial charge in [-0.3, -0.25) is 4.57 Å². The van der Waals surface area contributed by atoms with Gasteiger partial charge in [-0.1, -0.05) is 0 Å². The zero-order valence-electron chi connectivity index (χ0n) is 10.2. The second-order valence-corrected chi connectivity index (χ2v) is 5.40. The largest absolute Gasteiger partial charge is 0.478 e. The molecule has 0 unspecified atom stereocenters. The Morgan fingerprint density at radius 1 is 1.55 bits per heavy atom. The molecule has 2 heterocycles. The number of pyridine rings is 1. The summed E-state index contributed by atoms with van der Waals surface area (Å²) in [6.45, 7) is 0. The minimum atomic E-state index is -1.12. The van der Waals surface area contributed by atoms with Gasteiger partial charge in [0.05, 0.1) is 17.4 Å². The summed E-state index contributed by atoms with van der Waals surface area (Å²) in [7, 11) is 0. The maximum absolute atomic E-state index is 11.7. The summed E-state index contributed by atoms with van der Waals surface area (Å²) >= 11 is 1.04. The van der Waals surface area contributed by atoms with Crippen molar-refractivity contribution < 1.29 is 9.90 Å². The first kappa shape index (κ1) is 12.7. The fourth-order valence-corrected chi connectivity index (χ4v) is 2.76. The van der Waals surface area contributed by atoms with E-state index in [-0.39, 0.29) is 28.0 Å². The molecule has 104 valence electrons. The first-order valence-corrected chi connectivity index (χ1v) is 6.71. The molecular formula is C11H11N5O3S. The SMILES string of the molecule is Nc1cnc(Sc2n[nH]c(=O)n2C2CC2)c(C(=O)O)c1. The number of H-pyrrole nitrogens is 1. The van der Waals surface area contributed by atoms with Gasteiger partial charge in [-0.05, 0) is 30.7 Å². The average molecular weight is 293 g/mol. The van der Waals surface area contributed by atoms with Gasteiger partial charge in [0, 0.05) is 6.04 Å². The second-order valence-electron chi connectivity index (χ2n) is 4.44. The van der Waals surface area contributed by atoms with Crippen LogP contribution in [0.4, 0.5) is 5.69 Å². The van der Waals surface area contributed by atoms with Crippen molar-refractivity contribution in [3.8, 4) is 0 Å². The van der Waals surface area contributed by atoms with Gasteiger partial charge in [0.25, 0.3) is 0 Å². The van der Waals surface area contributed by atoms with E-state index in [1.165, 1.54) is 16.8 Å². The number of carboxylic acid groups (broad SMARTS) is 1. The zero-order chi connectivity index (χ0) is 14.3. The van der Waals surface area contributed by atoms with Crippen LogP contribution in [0, 0.1) is 0 Å². The van der Waals surface area contributed by atoms with Crippen LogP contribution in [-0.2, 0) is 0 Å². The van der Waals surface area contributed by atoms with Crippen LogP contribution in [0.25, 0.3) is 0 Å². The van der Waals surface area contributed by atoms with E-state index < -0.39 is 5.97 Å². The van der Waals surface area contributed by atoms with Crippen molar-refractivity contribution in [2.24, 2.45) is 0 Å². The fraction of sp³-hybridized carbons (Fsp3) is 0.273. The highest BCUT2D eigenvalue weighted by atomic mass is 32.2. The Labute approximate surface area is 117 Å². The third-order valence-corrected chi connectivity index (χ3v) is 3.86. The van der Waals surface area contributed by atoms with Gasteiger partial charge < -0.3 is 10.8 Å². The monoisotopic (exact) mass is 293 g/mol. The van der Waals surface area contributed by atoms with Gasteiger partial charge in [-0.15, -0.1) is 5.10 Å². The van der Waals surface area contributed by atoms with Gasteiger partial charge in [-0.25, -0.2) is 19.7 Å². The molecule has 0 spiro atoms. The van der Waals surface area contributed by atoms with Gasteiger partial charge in [-0.2, -0.15) is 0 Å². The number of hydrogen-bond donors (Lipinski definition) is 3. The number of aromatic nitrogens is 4. The third kappa shape index (κ3) is 2.27. The van der Waals surface area contributed by atoms with E-state index in [2.05, 4.69) is 15.2 Å². The zero-order valence-corrected chi connectivity index (χ0v) is 11.1. The number of anilines is 1. The van der Waals surface area contributed by atoms with Crippen LogP contribution < -0.4 is 11.4 Å². The van der Waals surface area contributed by atoms with E-state index in [1.807, 2.05) is 0 Å². The number of aromatic carboxylic acids is 1. The molecule has 9 heteroatoms. The number of rotatable bonds is 4. The Kier molecular flexibility index (Phi) is 2.97. The van der Waals surface area contributed by atoms with Gasteiger partial charge in [0.1, 0.15) is 5.03 Å². The first-order chi connectivity index (χ1) is 9.56. The predicted molar refractivity (Wildman–Crippen MR) is 70.9 cm³/mol. The molecule has 20 heavy (non-hydrogen) atoms. The van der Waals surface area contributed by atoms with E-state index in [4.69, 9.17) is 10.8 Å². The summed E-state index contributed by atoms with van der Waals surface area (Å²) in [6, 6.07) is 1.48. The summed E-state index contributed by atoms with van der Waals surface area (Å²) < 4.78 is 1.54. The van der Waals surface area contributed by atoms with Crippen molar-refractivity contribution >= 4 is 23.4 Å². The van der Waals surface area contributed by atoms with E-state index >= 15 is 0 Å². The molecule has 1 fully saturated rings. The minimum absolute atomic E-state index is 0.00667. The summed E-state index contributed by atoms with van der Waals surface area (Å²) in [4.78, 5) is 26.9. The van der Waals surface area contributed by atoms with Crippen LogP contribution in [0.5, 0.6) is 0 Å². The predicted octanol–water partition coefficient (Wildman–Crippen LogP) is 0.733. The van der Waals surface area contributed by atoms with Crippen LogP contribution in [0.2, 0.25) is 0 Å². The Morgan fingerprint density at radius 2 is 2.30 bits per heavy atom. The molecule has 1 aliphatic rings. The highest BCUT2D eigenvalue weighted by molar-refractivity contribution is 7.99. The molecule has 1 saturated carbocycles. The Hall–Kier alpha value is -2.29. The normalized spacial score (nSPS) is 14.4. The van der Waals surface area contributed by atoms with Crippen molar-refractivity contribution in [2.75, 3.05) is 5.73 Å². The molecule has 1 aliphatic carbocycles. The van der Waals surface area contributed by atoms with Gasteiger partial charge in [0.2, 0.25) is 0 Å². The topological polar surface area (TPSA) is 127 Å². The summed E-state index contributed by atoms with van der Waals surface area (Å²) in [5.41, 5.74) is 5.51. The molecule has 0 aliphatic heterocycles. The molecule has 8 nitrogen and oxygen atoms in total. The number of carboxylic acids is 1. The number of nitrogens with two attached hydrogens (primary N) is 1. The molecule has 0 saturated heterocycles. The number of hydrogen-bond acceptors (Lipinski definition) is 6. The standard InChI is InChI=1S/C11H11N5O3S/c12-5-3-7(9(17)18)8(13-4-5)20-11-15-14-10(19)16(11)6-1-2-6/h3-4,6H,1-2,12H2,(H,14,19)(H,17,18). The summed E-state index contributed by atoms with van der Waals surface area (Å²) in [6.07, 6.45) is 3.23. The molecule has 0 atom stereocenters. The molecule has 0 bridgehead atoms. The Morgan fingerprint density at radius 3 is 2.95 bits per heavy atom. The molecule has 0 radical (unpaired) electrons. The highest BCUT2D eigenvalue weighted by Gasteiger charge is 2.29. The third-order valence-electron chi connectivity index (χ3n) is 2.87. The molecule has 2 aromatic rings. The number of nitrogens with one attached hydrogen (secondary N) is 1. The van der Waals surface area contributed by atoms with Crippen molar-refractivity contribution in [2.45, 2.75) is 29.1 Å². The summed E-state index contributed by atoms with van der Waals surface area (Å²) in [5.74, 6) is -1.12. The van der Waals surface area contributed by atoms with E-state index in [0.29, 0.717) is 5.16 Å². The minimum Gasteiger partial charge on any atom is -0.478 e. The maximum Gasteiger partial charge on any atom is 0.344 e. The molecule has 0 aromatic carbocycles. The molecule has 2 aromatic heterocycles. The van der Waals surface area contributed by atoms with Crippen LogP contribution in [0.1, 0.15) is 29.2 Å². The Balaban J connectivity index is 1.99. The Bertz CT molecular complexity index is 734. The van der Waals surface area contributed by atoms with Crippen molar-refractivity contribution in [3.05, 3.63) is 28.3 Å². The average Bonchev–Trinajstić information content (AvgIpc) is 3.17. The van der Waals surface area contributed by atoms with Crippen LogP contribution in [-0.4, -0.2) is 30.8 Å². The first-order valence-electron chi connectivity index (χ1n) is 5.90. The lowest BCUT2D eigenvalue weighted by Gasteiger charge is -2.06. The second kappa shape index (κ2) is 4.67. The van der Waals surface area contributed by atoms with Crippen LogP contribution in [0.15, 0.2) is 27.2 Å². The van der Waals surface area contributed by atoms with Gasteiger partial charge in [0.15, 0.2) is 5.16 Å². The van der Waals surface area contributed by atoms with Crippen LogP contribution in [0.3, 0.4) is 0 Å². The van der Waals surface area contributed by atoms with E-state index in [9.17, 15) is 9.59 Å². The lowest BCUT2D eigenvalue weighted by atomic mass is 10.3. The van der Waals surface area contributed by atoms with Crippen molar-refractivity contribution in [3.63, 3.8) is 0 Å². The fourth-order valence-electron chi connectivity index (χ4n) is 1.81. The number of aromatic amines is 1. The number of nitrogens with zero attached hydrogens (tertiary/aromatic N) is 3. The van der Waals surface area contributed by atoms with Gasteiger partial charge >= 0.3 is 11.7 Å². The maximum atomic E-state index is 11.7. The lowest BCUT2D eigenvalue weighted by Crippen LogP contribution is -2.16. The van der Waals surface area contributed by atoms with Crippen molar-refractivity contribution in [1.82, 2.24) is 19.7 Å². The van der Waals surface area contributed by atoms with E-state index in [1.54, 1.807) is 0 Å². The molecule has 0 amide bonds. The number of nitrogen functional groups attached to an aromatic ring is 1. The smallest absolute Gasteiger partial charge is 0.344 e. The molecule has 3 rings (SSSR count). The van der Waals surface area contributed by atoms with Crippen molar-refractivity contribution in [1.29, 1.82) is 0 Å². The molecular weight excluding hydrogens is 282 g/mol. The highest BCUT2D eigenvalue weighted by Crippen LogP contribution is 2.37. The quantitative estimate of drug-likeness (QED) is 0.758.